The summed E-state index contributed by atoms with van der Waals surface area (Å²) in [4.78, 5) is 13.1. The molecule has 3 saturated carbocycles. The van der Waals surface area contributed by atoms with Crippen molar-refractivity contribution < 1.29 is 10.2 Å². The quantitative estimate of drug-likeness (QED) is 0.362. The predicted octanol–water partition coefficient (Wildman–Crippen LogP) is 2.94. The lowest BCUT2D eigenvalue weighted by Crippen LogP contribution is -2.34. The largest absolute Gasteiger partial charge is 0.390 e. The van der Waals surface area contributed by atoms with Gasteiger partial charge in [-0.1, -0.05) is 12.1 Å². The van der Waals surface area contributed by atoms with Gasteiger partial charge in [-0.25, -0.2) is 15.0 Å². The van der Waals surface area contributed by atoms with Gasteiger partial charge in [0.1, 0.15) is 29.7 Å². The van der Waals surface area contributed by atoms with Gasteiger partial charge in [-0.05, 0) is 73.3 Å². The van der Waals surface area contributed by atoms with Crippen LogP contribution in [0.2, 0.25) is 0 Å². The van der Waals surface area contributed by atoms with Gasteiger partial charge in [-0.3, -0.25) is 0 Å². The molecular weight excluding hydrogens is 428 g/mol. The van der Waals surface area contributed by atoms with Crippen LogP contribution < -0.4 is 11.5 Å². The zero-order valence-electron chi connectivity index (χ0n) is 18.8. The van der Waals surface area contributed by atoms with Crippen LogP contribution in [0.4, 0.5) is 11.6 Å². The Morgan fingerprint density at radius 3 is 2.74 bits per heavy atom. The van der Waals surface area contributed by atoms with Crippen LogP contribution in [0, 0.1) is 11.3 Å². The van der Waals surface area contributed by atoms with Gasteiger partial charge in [0.05, 0.1) is 23.0 Å². The van der Waals surface area contributed by atoms with Crippen molar-refractivity contribution in [3.63, 3.8) is 0 Å². The Hall–Kier alpha value is -3.23. The smallest absolute Gasteiger partial charge is 0.145 e. The van der Waals surface area contributed by atoms with E-state index in [1.165, 1.54) is 30.3 Å². The summed E-state index contributed by atoms with van der Waals surface area (Å²) < 4.78 is 1.97. The number of hydrogen-bond donors (Lipinski definition) is 4. The third kappa shape index (κ3) is 2.82. The number of hydrogen-bond acceptors (Lipinski definition) is 7. The molecule has 3 aliphatic rings. The van der Waals surface area contributed by atoms with Crippen molar-refractivity contribution in [2.24, 2.45) is 11.3 Å². The van der Waals surface area contributed by atoms with Gasteiger partial charge in [0.15, 0.2) is 0 Å². The summed E-state index contributed by atoms with van der Waals surface area (Å²) in [5, 5.41) is 24.0. The Labute approximate surface area is 196 Å². The first kappa shape index (κ1) is 20.2. The third-order valence-corrected chi connectivity index (χ3v) is 8.55. The first-order valence-electron chi connectivity index (χ1n) is 12.1. The standard InChI is InChI=1S/C26H28N6O2/c27-23-16-6-8-32(25(16)30-12-29-23)20-18-11-26(18,22(34)21(20)33)7-5-13-1-2-15-10-17(14-3-4-14)24(28)31-19(15)9-13/h1-2,6,8-10,12,14,18,20-22,33-34H,3-5,7,11H2,(H2,28,31)(H2,27,29,30)/t18-,20-,21+,22+,26-/m1/s1. The molecule has 0 bridgehead atoms. The molecule has 34 heavy (non-hydrogen) atoms. The minimum absolute atomic E-state index is 0.194. The highest BCUT2D eigenvalue weighted by molar-refractivity contribution is 5.86. The van der Waals surface area contributed by atoms with E-state index in [4.69, 9.17) is 11.5 Å². The number of pyridine rings is 1. The number of anilines is 2. The number of aliphatic hydroxyl groups excluding tert-OH is 2. The van der Waals surface area contributed by atoms with Crippen molar-refractivity contribution in [1.29, 1.82) is 0 Å². The topological polar surface area (TPSA) is 136 Å². The van der Waals surface area contributed by atoms with Crippen molar-refractivity contribution in [2.75, 3.05) is 11.5 Å². The van der Waals surface area contributed by atoms with Gasteiger partial charge in [0.2, 0.25) is 0 Å². The Morgan fingerprint density at radius 2 is 1.91 bits per heavy atom. The van der Waals surface area contributed by atoms with Crippen LogP contribution in [0.5, 0.6) is 0 Å². The number of aryl methyl sites for hydroxylation is 1. The minimum atomic E-state index is -0.843. The fourth-order valence-corrected chi connectivity index (χ4v) is 6.44. The fourth-order valence-electron chi connectivity index (χ4n) is 6.44. The van der Waals surface area contributed by atoms with Gasteiger partial charge in [0, 0.05) is 17.0 Å². The van der Waals surface area contributed by atoms with Crippen LogP contribution in [0.15, 0.2) is 42.9 Å². The van der Waals surface area contributed by atoms with E-state index in [9.17, 15) is 10.2 Å². The third-order valence-electron chi connectivity index (χ3n) is 8.55. The predicted molar refractivity (Wildman–Crippen MR) is 130 cm³/mol. The molecular formula is C26H28N6O2. The van der Waals surface area contributed by atoms with E-state index in [1.54, 1.807) is 0 Å². The molecule has 0 spiro atoms. The normalized spacial score (nSPS) is 30.2. The van der Waals surface area contributed by atoms with Gasteiger partial charge < -0.3 is 26.2 Å². The summed E-state index contributed by atoms with van der Waals surface area (Å²) in [7, 11) is 0. The molecule has 4 aromatic rings. The van der Waals surface area contributed by atoms with Gasteiger partial charge in [-0.15, -0.1) is 0 Å². The maximum absolute atomic E-state index is 11.1. The average molecular weight is 457 g/mol. The van der Waals surface area contributed by atoms with E-state index in [2.05, 4.69) is 39.2 Å². The van der Waals surface area contributed by atoms with Gasteiger partial charge in [-0.2, -0.15) is 0 Å². The summed E-state index contributed by atoms with van der Waals surface area (Å²) in [5.41, 5.74) is 15.9. The molecule has 0 saturated heterocycles. The molecule has 3 heterocycles. The number of nitrogens with two attached hydrogens (primary N) is 2. The van der Waals surface area contributed by atoms with Crippen molar-refractivity contribution in [1.82, 2.24) is 19.5 Å². The number of nitrogen functional groups attached to an aromatic ring is 2. The average Bonchev–Trinajstić information content (AvgIpc) is 3.73. The number of rotatable bonds is 5. The van der Waals surface area contributed by atoms with E-state index >= 15 is 0 Å². The number of aliphatic hydroxyl groups is 2. The minimum Gasteiger partial charge on any atom is -0.390 e. The molecule has 0 amide bonds. The lowest BCUT2D eigenvalue weighted by Gasteiger charge is -2.24. The van der Waals surface area contributed by atoms with Crippen LogP contribution >= 0.6 is 0 Å². The zero-order valence-corrected chi connectivity index (χ0v) is 18.8. The van der Waals surface area contributed by atoms with E-state index < -0.39 is 12.2 Å². The molecule has 3 fully saturated rings. The molecule has 0 aliphatic heterocycles. The highest BCUT2D eigenvalue weighted by Crippen LogP contribution is 2.69. The van der Waals surface area contributed by atoms with Crippen LogP contribution in [0.3, 0.4) is 0 Å². The molecule has 3 aromatic heterocycles. The molecule has 174 valence electrons. The number of benzene rings is 1. The van der Waals surface area contributed by atoms with Crippen molar-refractivity contribution in [2.45, 2.75) is 56.3 Å². The molecule has 1 aromatic carbocycles. The summed E-state index contributed by atoms with van der Waals surface area (Å²) in [6, 6.07) is 10.2. The van der Waals surface area contributed by atoms with E-state index in [0.29, 0.717) is 23.2 Å². The van der Waals surface area contributed by atoms with Crippen LogP contribution in [0.25, 0.3) is 21.9 Å². The molecule has 7 rings (SSSR count). The van der Waals surface area contributed by atoms with Crippen molar-refractivity contribution in [3.05, 3.63) is 54.0 Å². The van der Waals surface area contributed by atoms with Gasteiger partial charge in [0.25, 0.3) is 0 Å². The Kier molecular flexibility index (Phi) is 4.09. The summed E-state index contributed by atoms with van der Waals surface area (Å²) >= 11 is 0. The second kappa shape index (κ2) is 6.90. The van der Waals surface area contributed by atoms with Gasteiger partial charge >= 0.3 is 0 Å². The Morgan fingerprint density at radius 1 is 1.06 bits per heavy atom. The second-order valence-electron chi connectivity index (χ2n) is 10.5. The second-order valence-corrected chi connectivity index (χ2v) is 10.5. The van der Waals surface area contributed by atoms with Crippen LogP contribution in [-0.4, -0.2) is 41.9 Å². The Balaban J connectivity index is 1.14. The maximum atomic E-state index is 11.1. The summed E-state index contributed by atoms with van der Waals surface area (Å²) in [6.45, 7) is 0. The molecule has 0 unspecified atom stereocenters. The maximum Gasteiger partial charge on any atom is 0.145 e. The number of nitrogens with zero attached hydrogens (tertiary/aromatic N) is 4. The highest BCUT2D eigenvalue weighted by atomic mass is 16.3. The lowest BCUT2D eigenvalue weighted by molar-refractivity contribution is -0.0191. The molecule has 0 radical (unpaired) electrons. The first-order chi connectivity index (χ1) is 16.5. The van der Waals surface area contributed by atoms with Crippen LogP contribution in [-0.2, 0) is 6.42 Å². The molecule has 5 atom stereocenters. The monoisotopic (exact) mass is 456 g/mol. The van der Waals surface area contributed by atoms with Crippen LogP contribution in [0.1, 0.15) is 48.8 Å². The SMILES string of the molecule is Nc1nc2cc(CC[C@@]34C[C@@H]3[C@@H](n3ccc5c(N)ncnc53)[C@H](O)[C@@H]4O)ccc2cc1C1CC1. The molecule has 3 aliphatic carbocycles. The molecule has 8 nitrogen and oxygen atoms in total. The summed E-state index contributed by atoms with van der Waals surface area (Å²) in [6.07, 6.45) is 6.65. The molecule has 6 N–H and O–H groups in total. The first-order valence-corrected chi connectivity index (χ1v) is 12.1. The number of fused-ring (bicyclic) bond motifs is 3. The van der Waals surface area contributed by atoms with E-state index in [1.807, 2.05) is 16.8 Å². The zero-order chi connectivity index (χ0) is 23.2. The number of aromatic nitrogens is 4. The Bertz CT molecular complexity index is 1450. The molecule has 8 heteroatoms. The highest BCUT2D eigenvalue weighted by Gasteiger charge is 2.70. The fraction of sp³-hybridized carbons (Fsp3) is 0.423. The van der Waals surface area contributed by atoms with E-state index in [0.717, 1.165) is 35.6 Å². The summed E-state index contributed by atoms with van der Waals surface area (Å²) in [5.74, 6) is 1.84. The van der Waals surface area contributed by atoms with E-state index in [-0.39, 0.29) is 17.4 Å². The lowest BCUT2D eigenvalue weighted by atomic mass is 9.91. The van der Waals surface area contributed by atoms with Crippen molar-refractivity contribution in [3.8, 4) is 0 Å². The van der Waals surface area contributed by atoms with Crippen molar-refractivity contribution >= 4 is 33.6 Å².